The van der Waals surface area contributed by atoms with Gasteiger partial charge in [0.15, 0.2) is 5.78 Å². The van der Waals surface area contributed by atoms with E-state index in [2.05, 4.69) is 5.32 Å². The Kier molecular flexibility index (Phi) is 5.22. The zero-order valence-electron chi connectivity index (χ0n) is 8.98. The van der Waals surface area contributed by atoms with Crippen LogP contribution in [-0.4, -0.2) is 29.9 Å². The van der Waals surface area contributed by atoms with E-state index in [1.165, 1.54) is 0 Å². The Morgan fingerprint density at radius 3 is 2.44 bits per heavy atom. The molecule has 4 nitrogen and oxygen atoms in total. The molecule has 1 rings (SSSR count). The number of hydrogen-bond donors (Lipinski definition) is 2. The van der Waals surface area contributed by atoms with Gasteiger partial charge in [-0.15, -0.1) is 0 Å². The van der Waals surface area contributed by atoms with Crippen molar-refractivity contribution in [3.05, 3.63) is 35.9 Å². The number of aliphatic hydroxyl groups is 1. The molecule has 1 aromatic carbocycles. The molecule has 0 fully saturated rings. The summed E-state index contributed by atoms with van der Waals surface area (Å²) in [6.07, 6.45) is 0.356. The summed E-state index contributed by atoms with van der Waals surface area (Å²) in [6.45, 7) is 0.150. The molecule has 16 heavy (non-hydrogen) atoms. The Bertz CT molecular complexity index is 349. The van der Waals surface area contributed by atoms with E-state index in [-0.39, 0.29) is 37.7 Å². The van der Waals surface area contributed by atoms with Gasteiger partial charge in [0.1, 0.15) is 0 Å². The maximum Gasteiger partial charge on any atom is 0.220 e. The first-order valence-electron chi connectivity index (χ1n) is 5.20. The number of nitrogens with one attached hydrogen (secondary N) is 1. The first-order valence-corrected chi connectivity index (χ1v) is 5.20. The molecule has 0 aliphatic heterocycles. The molecule has 0 atom stereocenters. The van der Waals surface area contributed by atoms with Gasteiger partial charge in [-0.05, 0) is 0 Å². The van der Waals surface area contributed by atoms with Crippen molar-refractivity contribution in [3.8, 4) is 0 Å². The number of aliphatic hydroxyl groups excluding tert-OH is 1. The first-order chi connectivity index (χ1) is 7.74. The molecule has 0 bridgehead atoms. The van der Waals surface area contributed by atoms with E-state index < -0.39 is 0 Å². The highest BCUT2D eigenvalue weighted by atomic mass is 16.3. The SMILES string of the molecule is O=C(CCC(=O)c1ccccc1)NCCO. The van der Waals surface area contributed by atoms with Crippen LogP contribution in [0.15, 0.2) is 30.3 Å². The van der Waals surface area contributed by atoms with Gasteiger partial charge in [-0.2, -0.15) is 0 Å². The van der Waals surface area contributed by atoms with Crippen LogP contribution in [0, 0.1) is 0 Å². The van der Waals surface area contributed by atoms with E-state index in [0.717, 1.165) is 0 Å². The molecule has 0 saturated heterocycles. The summed E-state index contributed by atoms with van der Waals surface area (Å²) in [5, 5.41) is 11.0. The molecule has 0 heterocycles. The number of hydrogen-bond acceptors (Lipinski definition) is 3. The molecule has 4 heteroatoms. The molecule has 0 radical (unpaired) electrons. The van der Waals surface area contributed by atoms with Gasteiger partial charge in [0.2, 0.25) is 5.91 Å². The van der Waals surface area contributed by atoms with Crippen LogP contribution in [0.5, 0.6) is 0 Å². The van der Waals surface area contributed by atoms with Gasteiger partial charge in [-0.3, -0.25) is 9.59 Å². The predicted octanol–water partition coefficient (Wildman–Crippen LogP) is 0.758. The largest absolute Gasteiger partial charge is 0.395 e. The number of ketones is 1. The van der Waals surface area contributed by atoms with Crippen molar-refractivity contribution in [2.24, 2.45) is 0 Å². The summed E-state index contributed by atoms with van der Waals surface area (Å²) in [6, 6.07) is 8.88. The topological polar surface area (TPSA) is 66.4 Å². The Balaban J connectivity index is 2.33. The monoisotopic (exact) mass is 221 g/mol. The minimum atomic E-state index is -0.210. The molecule has 0 aromatic heterocycles. The third-order valence-corrected chi connectivity index (χ3v) is 2.11. The third kappa shape index (κ3) is 4.23. The fraction of sp³-hybridized carbons (Fsp3) is 0.333. The van der Waals surface area contributed by atoms with Crippen LogP contribution in [-0.2, 0) is 4.79 Å². The molecule has 1 aromatic rings. The minimum absolute atomic E-state index is 0.0419. The highest BCUT2D eigenvalue weighted by Gasteiger charge is 2.07. The van der Waals surface area contributed by atoms with Gasteiger partial charge >= 0.3 is 0 Å². The first kappa shape index (κ1) is 12.4. The van der Waals surface area contributed by atoms with Gasteiger partial charge in [0, 0.05) is 24.9 Å². The van der Waals surface area contributed by atoms with Crippen LogP contribution in [0.25, 0.3) is 0 Å². The van der Waals surface area contributed by atoms with E-state index >= 15 is 0 Å². The Labute approximate surface area is 94.3 Å². The highest BCUT2D eigenvalue weighted by Crippen LogP contribution is 2.04. The van der Waals surface area contributed by atoms with Gasteiger partial charge < -0.3 is 10.4 Å². The van der Waals surface area contributed by atoms with Crippen molar-refractivity contribution >= 4 is 11.7 Å². The van der Waals surface area contributed by atoms with E-state index in [9.17, 15) is 9.59 Å². The summed E-state index contributed by atoms with van der Waals surface area (Å²) in [7, 11) is 0. The van der Waals surface area contributed by atoms with Gasteiger partial charge in [-0.1, -0.05) is 30.3 Å². The van der Waals surface area contributed by atoms with Crippen LogP contribution in [0.3, 0.4) is 0 Å². The van der Waals surface area contributed by atoms with E-state index in [1.807, 2.05) is 6.07 Å². The highest BCUT2D eigenvalue weighted by molar-refractivity contribution is 5.97. The van der Waals surface area contributed by atoms with Crippen LogP contribution < -0.4 is 5.32 Å². The lowest BCUT2D eigenvalue weighted by molar-refractivity contribution is -0.121. The summed E-state index contributed by atoms with van der Waals surface area (Å²) in [4.78, 5) is 22.8. The molecule has 2 N–H and O–H groups in total. The van der Waals surface area contributed by atoms with Crippen molar-refractivity contribution in [1.29, 1.82) is 0 Å². The molecule has 0 aliphatic carbocycles. The number of rotatable bonds is 6. The molecular weight excluding hydrogens is 206 g/mol. The number of benzene rings is 1. The van der Waals surface area contributed by atoms with Crippen LogP contribution >= 0.6 is 0 Å². The Morgan fingerprint density at radius 1 is 1.12 bits per heavy atom. The molecule has 0 aliphatic rings. The minimum Gasteiger partial charge on any atom is -0.395 e. The summed E-state index contributed by atoms with van der Waals surface area (Å²) in [5.74, 6) is -0.252. The third-order valence-electron chi connectivity index (χ3n) is 2.11. The van der Waals surface area contributed by atoms with Gasteiger partial charge in [-0.25, -0.2) is 0 Å². The van der Waals surface area contributed by atoms with Crippen molar-refractivity contribution in [2.75, 3.05) is 13.2 Å². The normalized spacial score (nSPS) is 9.81. The van der Waals surface area contributed by atoms with Gasteiger partial charge in [0.05, 0.1) is 6.61 Å². The maximum absolute atomic E-state index is 11.6. The average molecular weight is 221 g/mol. The van der Waals surface area contributed by atoms with Crippen molar-refractivity contribution in [1.82, 2.24) is 5.32 Å². The summed E-state index contributed by atoms with van der Waals surface area (Å²) < 4.78 is 0. The average Bonchev–Trinajstić information content (AvgIpc) is 2.34. The predicted molar refractivity (Wildman–Crippen MR) is 60.1 cm³/mol. The number of amides is 1. The van der Waals surface area contributed by atoms with Crippen LogP contribution in [0.2, 0.25) is 0 Å². The number of Topliss-reactive ketones (excluding diaryl/α,β-unsaturated/α-hetero) is 1. The Morgan fingerprint density at radius 2 is 1.81 bits per heavy atom. The molecule has 1 amide bonds. The summed E-state index contributed by atoms with van der Waals surface area (Å²) in [5.41, 5.74) is 0.623. The molecular formula is C12H15NO3. The molecule has 0 unspecified atom stereocenters. The lowest BCUT2D eigenvalue weighted by Crippen LogP contribution is -2.26. The lowest BCUT2D eigenvalue weighted by Gasteiger charge is -2.02. The second-order valence-electron chi connectivity index (χ2n) is 3.36. The van der Waals surface area contributed by atoms with Crippen molar-refractivity contribution in [3.63, 3.8) is 0 Å². The standard InChI is InChI=1S/C12H15NO3/c14-9-8-13-12(16)7-6-11(15)10-4-2-1-3-5-10/h1-5,14H,6-9H2,(H,13,16). The van der Waals surface area contributed by atoms with Crippen LogP contribution in [0.4, 0.5) is 0 Å². The van der Waals surface area contributed by atoms with Crippen molar-refractivity contribution < 1.29 is 14.7 Å². The van der Waals surface area contributed by atoms with E-state index in [4.69, 9.17) is 5.11 Å². The van der Waals surface area contributed by atoms with E-state index in [0.29, 0.717) is 5.56 Å². The fourth-order valence-electron chi connectivity index (χ4n) is 1.28. The van der Waals surface area contributed by atoms with Crippen molar-refractivity contribution in [2.45, 2.75) is 12.8 Å². The zero-order chi connectivity index (χ0) is 11.8. The number of carbonyl (C=O) groups is 2. The molecule has 0 saturated carbocycles. The Hall–Kier alpha value is -1.68. The fourth-order valence-corrected chi connectivity index (χ4v) is 1.28. The molecule has 0 spiro atoms. The van der Waals surface area contributed by atoms with Gasteiger partial charge in [0.25, 0.3) is 0 Å². The lowest BCUT2D eigenvalue weighted by atomic mass is 10.1. The number of carbonyl (C=O) groups excluding carboxylic acids is 2. The molecule has 86 valence electrons. The second-order valence-corrected chi connectivity index (χ2v) is 3.36. The maximum atomic E-state index is 11.6. The van der Waals surface area contributed by atoms with E-state index in [1.54, 1.807) is 24.3 Å². The zero-order valence-corrected chi connectivity index (χ0v) is 8.98. The smallest absolute Gasteiger partial charge is 0.220 e. The second kappa shape index (κ2) is 6.74. The van der Waals surface area contributed by atoms with Crippen LogP contribution in [0.1, 0.15) is 23.2 Å². The summed E-state index contributed by atoms with van der Waals surface area (Å²) >= 11 is 0. The quantitative estimate of drug-likeness (QED) is 0.697.